The number of benzene rings is 8. The predicted molar refractivity (Wildman–Crippen MR) is 319 cm³/mol. The third-order valence-corrected chi connectivity index (χ3v) is 17.5. The lowest BCUT2D eigenvalue weighted by atomic mass is 10.0. The van der Waals surface area contributed by atoms with Gasteiger partial charge in [-0.25, -0.2) is 0 Å². The van der Waals surface area contributed by atoms with Crippen LogP contribution in [0.1, 0.15) is 0 Å². The largest absolute Gasteiger partial charge is 0.308 e. The van der Waals surface area contributed by atoms with Crippen LogP contribution in [0.15, 0.2) is 243 Å². The van der Waals surface area contributed by atoms with Crippen molar-refractivity contribution in [1.82, 2.24) is 29.1 Å². The van der Waals surface area contributed by atoms with Gasteiger partial charge in [0, 0.05) is 87.4 Å². The van der Waals surface area contributed by atoms with Gasteiger partial charge in [0.25, 0.3) is 0 Å². The summed E-state index contributed by atoms with van der Waals surface area (Å²) in [6, 6.07) is 78.4. The lowest BCUT2D eigenvalue weighted by Crippen LogP contribution is -1.96. The van der Waals surface area contributed by atoms with Crippen molar-refractivity contribution >= 4 is 107 Å². The van der Waals surface area contributed by atoms with E-state index in [1.165, 1.54) is 62.6 Å². The van der Waals surface area contributed by atoms with Crippen LogP contribution in [0.3, 0.4) is 0 Å². The summed E-state index contributed by atoms with van der Waals surface area (Å²) < 4.78 is 9.54. The van der Waals surface area contributed by atoms with E-state index in [9.17, 15) is 0 Å². The molecule has 16 rings (SSSR count). The monoisotopic (exact) mass is 1000 g/mol. The van der Waals surface area contributed by atoms with Gasteiger partial charge in [-0.05, 0) is 107 Å². The number of fused-ring (bicyclic) bond motifs is 12. The van der Waals surface area contributed by atoms with Gasteiger partial charge < -0.3 is 9.13 Å². The summed E-state index contributed by atoms with van der Waals surface area (Å²) in [5.74, 6) is 0. The second kappa shape index (κ2) is 17.0. The van der Waals surface area contributed by atoms with Gasteiger partial charge in [-0.3, -0.25) is 19.9 Å². The number of aromatic nitrogens is 6. The van der Waals surface area contributed by atoms with E-state index in [2.05, 4.69) is 228 Å². The van der Waals surface area contributed by atoms with Gasteiger partial charge >= 0.3 is 0 Å². The Balaban J connectivity index is 0.774. The first kappa shape index (κ1) is 42.9. The van der Waals surface area contributed by atoms with Gasteiger partial charge in [0.1, 0.15) is 0 Å². The van der Waals surface area contributed by atoms with Crippen LogP contribution in [-0.2, 0) is 0 Å². The Kier molecular flexibility index (Phi) is 9.57. The molecule has 0 bridgehead atoms. The topological polar surface area (TPSA) is 61.4 Å². The number of hydrogen-bond donors (Lipinski definition) is 0. The quantitative estimate of drug-likeness (QED) is 0.160. The van der Waals surface area contributed by atoms with E-state index in [-0.39, 0.29) is 0 Å². The highest BCUT2D eigenvalue weighted by atomic mass is 32.1. The zero-order valence-electron chi connectivity index (χ0n) is 40.6. The lowest BCUT2D eigenvalue weighted by Gasteiger charge is -2.11. The van der Waals surface area contributed by atoms with Crippen LogP contribution in [0.5, 0.6) is 0 Å². The van der Waals surface area contributed by atoms with Crippen molar-refractivity contribution < 1.29 is 0 Å². The van der Waals surface area contributed by atoms with Crippen molar-refractivity contribution in [1.29, 1.82) is 0 Å². The average Bonchev–Trinajstić information content (AvgIpc) is 4.30. The second-order valence-electron chi connectivity index (χ2n) is 19.4. The first-order valence-electron chi connectivity index (χ1n) is 25.4. The van der Waals surface area contributed by atoms with Gasteiger partial charge in [-0.15, -0.1) is 22.7 Å². The molecule has 0 N–H and O–H groups in total. The molecule has 0 amide bonds. The number of thiophene rings is 2. The molecule has 16 aromatic rings. The summed E-state index contributed by atoms with van der Waals surface area (Å²) in [5, 5.41) is 9.49. The third kappa shape index (κ3) is 6.71. The highest BCUT2D eigenvalue weighted by Crippen LogP contribution is 2.44. The molecule has 0 fully saturated rings. The number of para-hydroxylation sites is 2. The van der Waals surface area contributed by atoms with Crippen molar-refractivity contribution in [3.05, 3.63) is 243 Å². The normalized spacial score (nSPS) is 11.9. The van der Waals surface area contributed by atoms with Crippen molar-refractivity contribution in [2.45, 2.75) is 0 Å². The fraction of sp³-hybridized carbons (Fsp3) is 0. The molecular formula is C68H40N6S2. The SMILES string of the molecule is c1ccc(-c2ccc3sc4c(-c5cccc(-n6c7ccccc7c7cc(-c8cc9c%10ccccc%10n(-c%10cccc(-c%11nccc%12c%11sc%11ccc(-c%13ccccc%13)cc%11%12)c%10)c9cn8)ncc76)c5)nccc4c3c2)cc1. The molecule has 76 heavy (non-hydrogen) atoms. The number of pyridine rings is 4. The molecule has 6 nitrogen and oxygen atoms in total. The first-order chi connectivity index (χ1) is 37.7. The zero-order valence-corrected chi connectivity index (χ0v) is 42.2. The summed E-state index contributed by atoms with van der Waals surface area (Å²) in [4.78, 5) is 20.4. The van der Waals surface area contributed by atoms with E-state index >= 15 is 0 Å². The van der Waals surface area contributed by atoms with Crippen LogP contribution in [0, 0.1) is 0 Å². The molecule has 0 aliphatic heterocycles. The molecule has 0 aliphatic carbocycles. The maximum absolute atomic E-state index is 5.18. The maximum Gasteiger partial charge on any atom is 0.0894 e. The minimum atomic E-state index is 0.819. The van der Waals surface area contributed by atoms with Crippen LogP contribution >= 0.6 is 22.7 Å². The molecule has 8 heterocycles. The van der Waals surface area contributed by atoms with Crippen molar-refractivity contribution in [2.75, 3.05) is 0 Å². The maximum atomic E-state index is 5.18. The van der Waals surface area contributed by atoms with Gasteiger partial charge in [0.2, 0.25) is 0 Å². The van der Waals surface area contributed by atoms with Gasteiger partial charge in [-0.1, -0.05) is 133 Å². The van der Waals surface area contributed by atoms with Gasteiger partial charge in [0.15, 0.2) is 0 Å². The van der Waals surface area contributed by atoms with Crippen LogP contribution in [0.4, 0.5) is 0 Å². The standard InChI is InChI=1S/C68H40N6S2/c1-3-13-41(14-4-1)43-25-27-63-55(35-43)51-29-31-69-65(67(51)75-63)45-17-11-19-47(33-45)73-59-23-9-7-21-49(59)53-37-57(71-39-61(53)73)58-38-54-50-22-8-10-24-60(50)74(62(54)40-72-58)48-20-12-18-46(34-48)66-68-52(30-32-70-66)56-36-44(26-28-64(56)76-68)42-15-5-2-6-16-42/h1-40H. The zero-order chi connectivity index (χ0) is 49.8. The highest BCUT2D eigenvalue weighted by Gasteiger charge is 2.20. The fourth-order valence-corrected chi connectivity index (χ4v) is 14.0. The van der Waals surface area contributed by atoms with Crippen LogP contribution in [-0.4, -0.2) is 29.1 Å². The smallest absolute Gasteiger partial charge is 0.0894 e. The predicted octanol–water partition coefficient (Wildman–Crippen LogP) is 18.5. The minimum Gasteiger partial charge on any atom is -0.308 e. The number of nitrogens with zero attached hydrogens (tertiary/aromatic N) is 6. The van der Waals surface area contributed by atoms with E-state index in [0.29, 0.717) is 0 Å². The van der Waals surface area contributed by atoms with Gasteiger partial charge in [-0.2, -0.15) is 0 Å². The molecule has 8 aromatic heterocycles. The number of rotatable bonds is 7. The van der Waals surface area contributed by atoms with E-state index < -0.39 is 0 Å². The van der Waals surface area contributed by atoms with Crippen LogP contribution < -0.4 is 0 Å². The molecule has 0 radical (unpaired) electrons. The van der Waals surface area contributed by atoms with Crippen LogP contribution in [0.2, 0.25) is 0 Å². The van der Waals surface area contributed by atoms with E-state index in [1.54, 1.807) is 0 Å². The molecular weight excluding hydrogens is 965 g/mol. The van der Waals surface area contributed by atoms with E-state index in [4.69, 9.17) is 19.9 Å². The first-order valence-corrected chi connectivity index (χ1v) is 27.0. The summed E-state index contributed by atoms with van der Waals surface area (Å²) in [6.07, 6.45) is 7.93. The second-order valence-corrected chi connectivity index (χ2v) is 21.5. The Morgan fingerprint density at radius 2 is 0.711 bits per heavy atom. The molecule has 0 spiro atoms. The molecule has 0 unspecified atom stereocenters. The summed E-state index contributed by atoms with van der Waals surface area (Å²) in [6.45, 7) is 0. The Morgan fingerprint density at radius 1 is 0.276 bits per heavy atom. The third-order valence-electron chi connectivity index (χ3n) is 15.1. The molecule has 8 aromatic carbocycles. The molecule has 8 heteroatoms. The van der Waals surface area contributed by atoms with Crippen molar-refractivity contribution in [3.63, 3.8) is 0 Å². The Morgan fingerprint density at radius 3 is 1.18 bits per heavy atom. The molecule has 0 atom stereocenters. The van der Waals surface area contributed by atoms with Crippen LogP contribution in [0.25, 0.3) is 151 Å². The molecule has 0 aliphatic rings. The van der Waals surface area contributed by atoms with Crippen molar-refractivity contribution in [3.8, 4) is 67.5 Å². The molecule has 0 saturated carbocycles. The minimum absolute atomic E-state index is 0.819. The van der Waals surface area contributed by atoms with Crippen molar-refractivity contribution in [2.24, 2.45) is 0 Å². The summed E-state index contributed by atoms with van der Waals surface area (Å²) >= 11 is 3.62. The van der Waals surface area contributed by atoms with E-state index in [1.807, 2.05) is 47.5 Å². The van der Waals surface area contributed by atoms with Gasteiger partial charge in [0.05, 0.1) is 66.6 Å². The summed E-state index contributed by atoms with van der Waals surface area (Å²) in [5.41, 5.74) is 17.0. The number of hydrogen-bond acceptors (Lipinski definition) is 6. The van der Waals surface area contributed by atoms with E-state index in [0.717, 1.165) is 88.9 Å². The summed E-state index contributed by atoms with van der Waals surface area (Å²) in [7, 11) is 0. The Bertz CT molecular complexity index is 4690. The molecule has 0 saturated heterocycles. The average molecular weight is 1010 g/mol. The fourth-order valence-electron chi connectivity index (χ4n) is 11.6. The highest BCUT2D eigenvalue weighted by molar-refractivity contribution is 7.26. The molecule has 354 valence electrons. The lowest BCUT2D eigenvalue weighted by molar-refractivity contribution is 1.15. The Hall–Kier alpha value is -9.60. The Labute approximate surface area is 443 Å².